The number of anilines is 1. The highest BCUT2D eigenvalue weighted by Gasteiger charge is 2.19. The number of hydrogen-bond acceptors (Lipinski definition) is 5. The van der Waals surface area contributed by atoms with E-state index in [1.54, 1.807) is 0 Å². The van der Waals surface area contributed by atoms with Crippen molar-refractivity contribution < 1.29 is 27.0 Å². The molecule has 0 spiro atoms. The first-order valence-corrected chi connectivity index (χ1v) is 8.46. The van der Waals surface area contributed by atoms with Crippen LogP contribution in [0.3, 0.4) is 0 Å². The molecule has 130 valence electrons. The molecule has 0 fully saturated rings. The van der Waals surface area contributed by atoms with E-state index in [1.807, 2.05) is 0 Å². The molecule has 0 saturated heterocycles. The first kappa shape index (κ1) is 18.2. The molecule has 0 amide bonds. The van der Waals surface area contributed by atoms with Crippen LogP contribution >= 0.6 is 11.6 Å². The molecule has 6 nitrogen and oxygen atoms in total. The highest BCUT2D eigenvalue weighted by molar-refractivity contribution is 7.92. The van der Waals surface area contributed by atoms with Gasteiger partial charge in [0.25, 0.3) is 10.0 Å². The van der Waals surface area contributed by atoms with Crippen molar-refractivity contribution in [1.82, 2.24) is 0 Å². The summed E-state index contributed by atoms with van der Waals surface area (Å²) in [6.07, 6.45) is 0. The number of hydrogen-bond donors (Lipinski definition) is 1. The molecule has 0 radical (unpaired) electrons. The maximum Gasteiger partial charge on any atom is 0.261 e. The maximum absolute atomic E-state index is 13.2. The Hall–Kier alpha value is -2.19. The summed E-state index contributed by atoms with van der Waals surface area (Å²) in [5.74, 6) is 0.189. The van der Waals surface area contributed by atoms with E-state index in [9.17, 15) is 12.8 Å². The molecule has 0 aliphatic carbocycles. The highest BCUT2D eigenvalue weighted by atomic mass is 35.5. The zero-order valence-electron chi connectivity index (χ0n) is 13.1. The lowest BCUT2D eigenvalue weighted by molar-refractivity contribution is 0.325. The number of rotatable bonds is 6. The molecule has 9 heteroatoms. The number of halogens is 2. The van der Waals surface area contributed by atoms with Gasteiger partial charge in [-0.25, -0.2) is 12.8 Å². The fourth-order valence-corrected chi connectivity index (χ4v) is 3.31. The van der Waals surface area contributed by atoms with Crippen molar-refractivity contribution in [2.24, 2.45) is 0 Å². The first-order chi connectivity index (χ1) is 11.3. The fourth-order valence-electron chi connectivity index (χ4n) is 2.00. The number of nitrogens with one attached hydrogen (secondary N) is 1. The van der Waals surface area contributed by atoms with Crippen LogP contribution in [0.15, 0.2) is 35.2 Å². The lowest BCUT2D eigenvalue weighted by Crippen LogP contribution is -2.13. The topological polar surface area (TPSA) is 73.9 Å². The van der Waals surface area contributed by atoms with Crippen molar-refractivity contribution in [3.8, 4) is 17.2 Å². The normalized spacial score (nSPS) is 11.0. The Labute approximate surface area is 144 Å². The molecule has 2 rings (SSSR count). The molecule has 0 unspecified atom stereocenters. The van der Waals surface area contributed by atoms with Gasteiger partial charge in [-0.2, -0.15) is 0 Å². The SMILES string of the molecule is COc1cc(NS(=O)(=O)c2ccc(F)c(Cl)c2)cc(OC)c1OC. The predicted octanol–water partition coefficient (Wildman–Crippen LogP) is 3.31. The van der Waals surface area contributed by atoms with Crippen LogP contribution in [0.2, 0.25) is 5.02 Å². The van der Waals surface area contributed by atoms with Crippen LogP contribution in [0, 0.1) is 5.82 Å². The van der Waals surface area contributed by atoms with Crippen LogP contribution in [0.25, 0.3) is 0 Å². The smallest absolute Gasteiger partial charge is 0.261 e. The average Bonchev–Trinajstić information content (AvgIpc) is 2.55. The molecule has 0 aliphatic heterocycles. The van der Waals surface area contributed by atoms with Gasteiger partial charge < -0.3 is 14.2 Å². The summed E-state index contributed by atoms with van der Waals surface area (Å²) in [6, 6.07) is 5.99. The van der Waals surface area contributed by atoms with E-state index >= 15 is 0 Å². The Morgan fingerprint density at radius 1 is 1.00 bits per heavy atom. The third kappa shape index (κ3) is 3.65. The summed E-state index contributed by atoms with van der Waals surface area (Å²) in [4.78, 5) is -0.178. The quantitative estimate of drug-likeness (QED) is 0.838. The lowest BCUT2D eigenvalue weighted by Gasteiger charge is -2.15. The van der Waals surface area contributed by atoms with Crippen molar-refractivity contribution in [1.29, 1.82) is 0 Å². The summed E-state index contributed by atoms with van der Waals surface area (Å²) in [6.45, 7) is 0. The van der Waals surface area contributed by atoms with Crippen LogP contribution in [-0.4, -0.2) is 29.7 Å². The van der Waals surface area contributed by atoms with Crippen LogP contribution in [0.1, 0.15) is 0 Å². The predicted molar refractivity (Wildman–Crippen MR) is 88.3 cm³/mol. The Morgan fingerprint density at radius 3 is 2.04 bits per heavy atom. The van der Waals surface area contributed by atoms with Gasteiger partial charge in [0, 0.05) is 12.1 Å². The molecule has 0 saturated carbocycles. The van der Waals surface area contributed by atoms with Crippen molar-refractivity contribution >= 4 is 27.3 Å². The Bertz CT molecular complexity index is 832. The fraction of sp³-hybridized carbons (Fsp3) is 0.200. The van der Waals surface area contributed by atoms with E-state index in [-0.39, 0.29) is 27.1 Å². The van der Waals surface area contributed by atoms with Crippen LogP contribution in [-0.2, 0) is 10.0 Å². The van der Waals surface area contributed by atoms with E-state index in [0.29, 0.717) is 5.75 Å². The molecule has 0 aromatic heterocycles. The summed E-state index contributed by atoms with van der Waals surface area (Å²) >= 11 is 5.63. The molecular weight excluding hydrogens is 361 g/mol. The molecular formula is C15H15ClFNO5S. The van der Waals surface area contributed by atoms with Gasteiger partial charge in [0.1, 0.15) is 5.82 Å². The minimum absolute atomic E-state index is 0.178. The van der Waals surface area contributed by atoms with Gasteiger partial charge in [0.2, 0.25) is 5.75 Å². The lowest BCUT2D eigenvalue weighted by atomic mass is 10.2. The zero-order valence-corrected chi connectivity index (χ0v) is 14.7. The second-order valence-electron chi connectivity index (χ2n) is 4.60. The molecule has 0 atom stereocenters. The van der Waals surface area contributed by atoms with Gasteiger partial charge in [-0.3, -0.25) is 4.72 Å². The first-order valence-electron chi connectivity index (χ1n) is 6.60. The molecule has 2 aromatic carbocycles. The Kier molecular flexibility index (Phi) is 5.40. The third-order valence-corrected chi connectivity index (χ3v) is 4.79. The zero-order chi connectivity index (χ0) is 17.9. The molecule has 24 heavy (non-hydrogen) atoms. The van der Waals surface area contributed by atoms with Crippen LogP contribution in [0.4, 0.5) is 10.1 Å². The monoisotopic (exact) mass is 375 g/mol. The van der Waals surface area contributed by atoms with Crippen molar-refractivity contribution in [3.63, 3.8) is 0 Å². The Morgan fingerprint density at radius 2 is 1.58 bits per heavy atom. The van der Waals surface area contributed by atoms with Crippen molar-refractivity contribution in [2.75, 3.05) is 26.1 Å². The average molecular weight is 376 g/mol. The van der Waals surface area contributed by atoms with E-state index in [1.165, 1.54) is 33.5 Å². The van der Waals surface area contributed by atoms with E-state index in [2.05, 4.69) is 4.72 Å². The highest BCUT2D eigenvalue weighted by Crippen LogP contribution is 2.40. The number of benzene rings is 2. The summed E-state index contributed by atoms with van der Waals surface area (Å²) < 4.78 is 55.9. The molecule has 0 heterocycles. The van der Waals surface area contributed by atoms with Crippen LogP contribution in [0.5, 0.6) is 17.2 Å². The minimum atomic E-state index is -3.98. The third-order valence-electron chi connectivity index (χ3n) is 3.12. The van der Waals surface area contributed by atoms with Crippen molar-refractivity contribution in [3.05, 3.63) is 41.2 Å². The minimum Gasteiger partial charge on any atom is -0.493 e. The second-order valence-corrected chi connectivity index (χ2v) is 6.69. The van der Waals surface area contributed by atoms with Gasteiger partial charge in [-0.1, -0.05) is 11.6 Å². The number of methoxy groups -OCH3 is 3. The number of sulfonamides is 1. The van der Waals surface area contributed by atoms with Gasteiger partial charge in [-0.15, -0.1) is 0 Å². The summed E-state index contributed by atoms with van der Waals surface area (Å²) in [5, 5.41) is -0.289. The van der Waals surface area contributed by atoms with E-state index < -0.39 is 15.8 Å². The largest absolute Gasteiger partial charge is 0.493 e. The summed E-state index contributed by atoms with van der Waals surface area (Å²) in [7, 11) is 0.284. The molecule has 1 N–H and O–H groups in total. The van der Waals surface area contributed by atoms with Crippen molar-refractivity contribution in [2.45, 2.75) is 4.90 Å². The van der Waals surface area contributed by atoms with Gasteiger partial charge in [0.15, 0.2) is 11.5 Å². The molecule has 0 aliphatic rings. The maximum atomic E-state index is 13.2. The number of ether oxygens (including phenoxy) is 3. The molecule has 2 aromatic rings. The molecule has 0 bridgehead atoms. The van der Waals surface area contributed by atoms with Gasteiger partial charge >= 0.3 is 0 Å². The second kappa shape index (κ2) is 7.14. The Balaban J connectivity index is 2.44. The van der Waals surface area contributed by atoms with Gasteiger partial charge in [0.05, 0.1) is 36.9 Å². The van der Waals surface area contributed by atoms with Crippen LogP contribution < -0.4 is 18.9 Å². The summed E-state index contributed by atoms with van der Waals surface area (Å²) in [5.41, 5.74) is 0.185. The standard InChI is InChI=1S/C15H15ClFNO5S/c1-21-13-6-9(7-14(22-2)15(13)23-3)18-24(19,20)10-4-5-12(17)11(16)8-10/h4-8,18H,1-3H3. The van der Waals surface area contributed by atoms with Gasteiger partial charge in [-0.05, 0) is 18.2 Å². The van der Waals surface area contributed by atoms with E-state index in [4.69, 9.17) is 25.8 Å². The van der Waals surface area contributed by atoms with E-state index in [0.717, 1.165) is 18.2 Å².